The summed E-state index contributed by atoms with van der Waals surface area (Å²) in [4.78, 5) is 36.5. The fourth-order valence-corrected chi connectivity index (χ4v) is 3.58. The predicted octanol–water partition coefficient (Wildman–Crippen LogP) is -1.29. The SMILES string of the molecule is CC(C)NC(=O)NC[C@H]1O[C@@H](CC(=O)N2CCN(c3ncccn3)CC2)[C@H](O)[C@@H]1O. The van der Waals surface area contributed by atoms with Gasteiger partial charge in [0.05, 0.1) is 12.5 Å². The van der Waals surface area contributed by atoms with Gasteiger partial charge in [-0.05, 0) is 19.9 Å². The second-order valence-corrected chi connectivity index (χ2v) is 7.82. The fraction of sp³-hybridized carbons (Fsp3) is 0.684. The van der Waals surface area contributed by atoms with Crippen LogP contribution in [0.1, 0.15) is 20.3 Å². The third-order valence-electron chi connectivity index (χ3n) is 5.19. The third kappa shape index (κ3) is 5.55. The Bertz CT molecular complexity index is 713. The Kier molecular flexibility index (Phi) is 7.40. The van der Waals surface area contributed by atoms with Gasteiger partial charge in [-0.25, -0.2) is 14.8 Å². The van der Waals surface area contributed by atoms with Crippen molar-refractivity contribution in [1.82, 2.24) is 25.5 Å². The largest absolute Gasteiger partial charge is 0.388 e. The summed E-state index contributed by atoms with van der Waals surface area (Å²) < 4.78 is 5.67. The molecular weight excluding hydrogens is 392 g/mol. The van der Waals surface area contributed by atoms with Crippen molar-refractivity contribution in [1.29, 1.82) is 0 Å². The second kappa shape index (κ2) is 10.0. The lowest BCUT2D eigenvalue weighted by Gasteiger charge is -2.35. The zero-order chi connectivity index (χ0) is 21.7. The molecule has 0 spiro atoms. The predicted molar refractivity (Wildman–Crippen MR) is 108 cm³/mol. The molecule has 1 aromatic rings. The molecule has 2 fully saturated rings. The van der Waals surface area contributed by atoms with E-state index < -0.39 is 24.4 Å². The quantitative estimate of drug-likeness (QED) is 0.444. The van der Waals surface area contributed by atoms with E-state index in [4.69, 9.17) is 4.74 Å². The molecule has 2 saturated heterocycles. The van der Waals surface area contributed by atoms with E-state index in [0.29, 0.717) is 32.1 Å². The Morgan fingerprint density at radius 1 is 1.13 bits per heavy atom. The molecule has 4 N–H and O–H groups in total. The maximum Gasteiger partial charge on any atom is 0.315 e. The minimum Gasteiger partial charge on any atom is -0.388 e. The maximum absolute atomic E-state index is 12.7. The van der Waals surface area contributed by atoms with Crippen molar-refractivity contribution in [3.8, 4) is 0 Å². The van der Waals surface area contributed by atoms with E-state index in [1.165, 1.54) is 0 Å². The molecule has 3 rings (SSSR count). The summed E-state index contributed by atoms with van der Waals surface area (Å²) in [5.41, 5.74) is 0. The maximum atomic E-state index is 12.7. The molecular formula is C19H30N6O5. The van der Waals surface area contributed by atoms with Crippen LogP contribution in [-0.4, -0.2) is 100 Å². The topological polar surface area (TPSA) is 140 Å². The van der Waals surface area contributed by atoms with Crippen LogP contribution in [0.4, 0.5) is 10.7 Å². The van der Waals surface area contributed by atoms with E-state index in [0.717, 1.165) is 0 Å². The summed E-state index contributed by atoms with van der Waals surface area (Å²) in [6, 6.07) is 1.35. The zero-order valence-electron chi connectivity index (χ0n) is 17.3. The van der Waals surface area contributed by atoms with Crippen LogP contribution in [0.3, 0.4) is 0 Å². The molecule has 0 saturated carbocycles. The van der Waals surface area contributed by atoms with E-state index in [1.807, 2.05) is 18.7 Å². The first-order valence-electron chi connectivity index (χ1n) is 10.2. The molecule has 0 bridgehead atoms. The summed E-state index contributed by atoms with van der Waals surface area (Å²) in [5, 5.41) is 25.8. The third-order valence-corrected chi connectivity index (χ3v) is 5.19. The van der Waals surface area contributed by atoms with Gasteiger partial charge < -0.3 is 35.4 Å². The van der Waals surface area contributed by atoms with Gasteiger partial charge in [0.25, 0.3) is 0 Å². The Balaban J connectivity index is 1.45. The van der Waals surface area contributed by atoms with Gasteiger partial charge in [-0.1, -0.05) is 0 Å². The number of urea groups is 1. The Morgan fingerprint density at radius 2 is 1.77 bits per heavy atom. The van der Waals surface area contributed by atoms with Crippen LogP contribution in [0.2, 0.25) is 0 Å². The molecule has 4 atom stereocenters. The number of piperazine rings is 1. The molecule has 166 valence electrons. The van der Waals surface area contributed by atoms with Crippen molar-refractivity contribution in [3.63, 3.8) is 0 Å². The van der Waals surface area contributed by atoms with Crippen molar-refractivity contribution >= 4 is 17.9 Å². The lowest BCUT2D eigenvalue weighted by Crippen LogP contribution is -2.50. The number of carbonyl (C=O) groups is 2. The molecule has 3 heterocycles. The highest BCUT2D eigenvalue weighted by Crippen LogP contribution is 2.24. The van der Waals surface area contributed by atoms with Gasteiger partial charge in [0.1, 0.15) is 18.3 Å². The van der Waals surface area contributed by atoms with Gasteiger partial charge in [0.2, 0.25) is 11.9 Å². The van der Waals surface area contributed by atoms with E-state index in [1.54, 1.807) is 23.4 Å². The number of ether oxygens (including phenoxy) is 1. The first kappa shape index (κ1) is 22.2. The highest BCUT2D eigenvalue weighted by molar-refractivity contribution is 5.77. The summed E-state index contributed by atoms with van der Waals surface area (Å²) >= 11 is 0. The summed E-state index contributed by atoms with van der Waals surface area (Å²) in [6.07, 6.45) is -0.619. The molecule has 0 radical (unpaired) electrons. The number of rotatable bonds is 6. The molecule has 11 nitrogen and oxygen atoms in total. The minimum absolute atomic E-state index is 0.0238. The lowest BCUT2D eigenvalue weighted by molar-refractivity contribution is -0.135. The fourth-order valence-electron chi connectivity index (χ4n) is 3.58. The van der Waals surface area contributed by atoms with Gasteiger partial charge in [-0.3, -0.25) is 4.79 Å². The van der Waals surface area contributed by atoms with Crippen LogP contribution in [-0.2, 0) is 9.53 Å². The number of aliphatic hydroxyl groups excluding tert-OH is 2. The Hall–Kier alpha value is -2.50. The standard InChI is InChI=1S/C19H30N6O5/c1-12(2)23-19(29)22-11-14-17(28)16(27)13(30-14)10-15(26)24-6-8-25(9-7-24)18-20-4-3-5-21-18/h3-5,12-14,16-17,27-28H,6-11H2,1-2H3,(H2,22,23,29)/t13-,14+,16-,17+/m0/s1. The number of aromatic nitrogens is 2. The molecule has 2 aliphatic rings. The number of amides is 3. The number of anilines is 1. The van der Waals surface area contributed by atoms with Crippen molar-refractivity contribution in [2.24, 2.45) is 0 Å². The van der Waals surface area contributed by atoms with Crippen LogP contribution in [0.15, 0.2) is 18.5 Å². The highest BCUT2D eigenvalue weighted by Gasteiger charge is 2.44. The number of carbonyl (C=O) groups excluding carboxylic acids is 2. The number of nitrogens with one attached hydrogen (secondary N) is 2. The van der Waals surface area contributed by atoms with E-state index in [2.05, 4.69) is 20.6 Å². The second-order valence-electron chi connectivity index (χ2n) is 7.82. The molecule has 0 unspecified atom stereocenters. The van der Waals surface area contributed by atoms with Gasteiger partial charge >= 0.3 is 6.03 Å². The van der Waals surface area contributed by atoms with Crippen molar-refractivity contribution in [3.05, 3.63) is 18.5 Å². The molecule has 30 heavy (non-hydrogen) atoms. The summed E-state index contributed by atoms with van der Waals surface area (Å²) in [6.45, 7) is 5.97. The van der Waals surface area contributed by atoms with E-state index in [9.17, 15) is 19.8 Å². The molecule has 0 aliphatic carbocycles. The molecule has 1 aromatic heterocycles. The summed E-state index contributed by atoms with van der Waals surface area (Å²) in [7, 11) is 0. The highest BCUT2D eigenvalue weighted by atomic mass is 16.5. The number of hydrogen-bond donors (Lipinski definition) is 4. The van der Waals surface area contributed by atoms with Gasteiger partial charge in [-0.2, -0.15) is 0 Å². The van der Waals surface area contributed by atoms with E-state index in [-0.39, 0.29) is 30.9 Å². The smallest absolute Gasteiger partial charge is 0.315 e. The van der Waals surface area contributed by atoms with Crippen molar-refractivity contribution < 1.29 is 24.5 Å². The normalized spacial score (nSPS) is 26.7. The van der Waals surface area contributed by atoms with Crippen LogP contribution in [0.5, 0.6) is 0 Å². The Morgan fingerprint density at radius 3 is 2.40 bits per heavy atom. The summed E-state index contributed by atoms with van der Waals surface area (Å²) in [5.74, 6) is 0.491. The number of aliphatic hydroxyl groups is 2. The average Bonchev–Trinajstić information content (AvgIpc) is 3.00. The average molecular weight is 422 g/mol. The molecule has 0 aromatic carbocycles. The van der Waals surface area contributed by atoms with Crippen molar-refractivity contribution in [2.45, 2.75) is 50.7 Å². The Labute approximate surface area is 175 Å². The van der Waals surface area contributed by atoms with Crippen LogP contribution < -0.4 is 15.5 Å². The first-order chi connectivity index (χ1) is 14.3. The van der Waals surface area contributed by atoms with Gasteiger partial charge in [0.15, 0.2) is 0 Å². The van der Waals surface area contributed by atoms with Gasteiger partial charge in [0, 0.05) is 51.2 Å². The number of hydrogen-bond acceptors (Lipinski definition) is 8. The van der Waals surface area contributed by atoms with E-state index >= 15 is 0 Å². The molecule has 3 amide bonds. The lowest BCUT2D eigenvalue weighted by atomic mass is 10.0. The number of nitrogens with zero attached hydrogens (tertiary/aromatic N) is 4. The van der Waals surface area contributed by atoms with Crippen LogP contribution in [0.25, 0.3) is 0 Å². The van der Waals surface area contributed by atoms with Crippen molar-refractivity contribution in [2.75, 3.05) is 37.6 Å². The monoisotopic (exact) mass is 422 g/mol. The van der Waals surface area contributed by atoms with Crippen LogP contribution >= 0.6 is 0 Å². The first-order valence-corrected chi connectivity index (χ1v) is 10.2. The van der Waals surface area contributed by atoms with Crippen LogP contribution in [0, 0.1) is 0 Å². The zero-order valence-corrected chi connectivity index (χ0v) is 17.3. The molecule has 2 aliphatic heterocycles. The molecule has 11 heteroatoms. The van der Waals surface area contributed by atoms with Gasteiger partial charge in [-0.15, -0.1) is 0 Å². The minimum atomic E-state index is -1.19.